The molecule has 2 aromatic heterocycles. The van der Waals surface area contributed by atoms with Gasteiger partial charge in [-0.05, 0) is 32.4 Å². The number of nitrogens with one attached hydrogen (secondary N) is 1. The Kier molecular flexibility index (Phi) is 3.80. The Bertz CT molecular complexity index is 649. The topological polar surface area (TPSA) is 68.3 Å². The number of esters is 1. The third-order valence-electron chi connectivity index (χ3n) is 2.65. The Morgan fingerprint density at radius 1 is 1.53 bits per heavy atom. The molecule has 0 radical (unpaired) electrons. The molecule has 19 heavy (non-hydrogen) atoms. The first-order valence-corrected chi connectivity index (χ1v) is 6.68. The molecular weight excluding hydrogens is 264 g/mol. The number of aromatic nitrogens is 1. The van der Waals surface area contributed by atoms with Crippen LogP contribution in [-0.4, -0.2) is 24.0 Å². The summed E-state index contributed by atoms with van der Waals surface area (Å²) in [6, 6.07) is 1.92. The number of thiophene rings is 1. The maximum Gasteiger partial charge on any atom is 0.350 e. The van der Waals surface area contributed by atoms with Gasteiger partial charge in [-0.15, -0.1) is 11.3 Å². The van der Waals surface area contributed by atoms with Gasteiger partial charge in [-0.3, -0.25) is 4.79 Å². The van der Waals surface area contributed by atoms with E-state index >= 15 is 0 Å². The number of anilines is 1. The van der Waals surface area contributed by atoms with Gasteiger partial charge in [-0.2, -0.15) is 0 Å². The van der Waals surface area contributed by atoms with Crippen LogP contribution in [0.15, 0.2) is 6.07 Å². The highest BCUT2D eigenvalue weighted by atomic mass is 32.1. The molecule has 0 aliphatic heterocycles. The van der Waals surface area contributed by atoms with Crippen LogP contribution < -0.4 is 5.32 Å². The third kappa shape index (κ3) is 2.44. The van der Waals surface area contributed by atoms with E-state index in [0.29, 0.717) is 23.6 Å². The van der Waals surface area contributed by atoms with Crippen LogP contribution >= 0.6 is 11.3 Å². The van der Waals surface area contributed by atoms with Crippen molar-refractivity contribution in [3.05, 3.63) is 22.2 Å². The molecule has 0 saturated heterocycles. The lowest BCUT2D eigenvalue weighted by Crippen LogP contribution is -2.06. The number of amides is 1. The number of carbonyl (C=O) groups excluding carboxylic acids is 2. The predicted molar refractivity (Wildman–Crippen MR) is 74.7 cm³/mol. The molecule has 0 bridgehead atoms. The first-order valence-electron chi connectivity index (χ1n) is 5.86. The van der Waals surface area contributed by atoms with Crippen LogP contribution in [0, 0.1) is 13.8 Å². The average Bonchev–Trinajstić information content (AvgIpc) is 2.69. The quantitative estimate of drug-likeness (QED) is 0.689. The molecule has 0 fully saturated rings. The standard InChI is InChI=1S/C13H14N2O3S/c1-4-18-13(17)11-10(14-6-16)9-7(2)5-8(3)15-12(9)19-11/h5-6H,4H2,1-3H3,(H,14,16). The summed E-state index contributed by atoms with van der Waals surface area (Å²) in [5, 5.41) is 3.38. The summed E-state index contributed by atoms with van der Waals surface area (Å²) in [4.78, 5) is 28.2. The van der Waals surface area contributed by atoms with Gasteiger partial charge in [0.15, 0.2) is 0 Å². The van der Waals surface area contributed by atoms with Crippen molar-refractivity contribution in [2.75, 3.05) is 11.9 Å². The molecule has 6 heteroatoms. The van der Waals surface area contributed by atoms with Crippen LogP contribution in [0.2, 0.25) is 0 Å². The maximum absolute atomic E-state index is 11.9. The van der Waals surface area contributed by atoms with Crippen LogP contribution in [0.4, 0.5) is 5.69 Å². The number of hydrogen-bond acceptors (Lipinski definition) is 5. The van der Waals surface area contributed by atoms with Crippen molar-refractivity contribution in [3.63, 3.8) is 0 Å². The summed E-state index contributed by atoms with van der Waals surface area (Å²) in [6.07, 6.45) is 0.559. The van der Waals surface area contributed by atoms with Gasteiger partial charge in [-0.25, -0.2) is 9.78 Å². The summed E-state index contributed by atoms with van der Waals surface area (Å²) in [5.74, 6) is -0.438. The summed E-state index contributed by atoms with van der Waals surface area (Å²) in [5.41, 5.74) is 2.33. The summed E-state index contributed by atoms with van der Waals surface area (Å²) in [6.45, 7) is 5.85. The number of fused-ring (bicyclic) bond motifs is 1. The third-order valence-corrected chi connectivity index (χ3v) is 3.72. The monoisotopic (exact) mass is 278 g/mol. The molecule has 0 spiro atoms. The van der Waals surface area contributed by atoms with E-state index in [9.17, 15) is 9.59 Å². The van der Waals surface area contributed by atoms with Crippen molar-refractivity contribution in [3.8, 4) is 0 Å². The van der Waals surface area contributed by atoms with Gasteiger partial charge in [0, 0.05) is 11.1 Å². The van der Waals surface area contributed by atoms with Crippen molar-refractivity contribution >= 4 is 39.6 Å². The molecule has 0 unspecified atom stereocenters. The lowest BCUT2D eigenvalue weighted by atomic mass is 10.1. The largest absolute Gasteiger partial charge is 0.462 e. The predicted octanol–water partition coefficient (Wildman–Crippen LogP) is 2.66. The van der Waals surface area contributed by atoms with Crippen LogP contribution in [0.1, 0.15) is 27.9 Å². The van der Waals surface area contributed by atoms with E-state index in [1.54, 1.807) is 6.92 Å². The zero-order chi connectivity index (χ0) is 14.0. The molecule has 2 rings (SSSR count). The van der Waals surface area contributed by atoms with Crippen LogP contribution in [0.25, 0.3) is 10.2 Å². The number of nitrogens with zero attached hydrogens (tertiary/aromatic N) is 1. The molecule has 0 aromatic carbocycles. The van der Waals surface area contributed by atoms with Crippen LogP contribution in [-0.2, 0) is 9.53 Å². The summed E-state index contributed by atoms with van der Waals surface area (Å²) >= 11 is 1.23. The van der Waals surface area contributed by atoms with Gasteiger partial charge in [-0.1, -0.05) is 0 Å². The fourth-order valence-corrected chi connectivity index (χ4v) is 3.13. The summed E-state index contributed by atoms with van der Waals surface area (Å²) in [7, 11) is 0. The van der Waals surface area contributed by atoms with Crippen molar-refractivity contribution < 1.29 is 14.3 Å². The Balaban J connectivity index is 2.69. The Hall–Kier alpha value is -1.95. The van der Waals surface area contributed by atoms with Gasteiger partial charge >= 0.3 is 5.97 Å². The summed E-state index contributed by atoms with van der Waals surface area (Å²) < 4.78 is 5.00. The number of ether oxygens (including phenoxy) is 1. The van der Waals surface area contributed by atoms with Crippen LogP contribution in [0.5, 0.6) is 0 Å². The second-order valence-electron chi connectivity index (χ2n) is 4.05. The van der Waals surface area contributed by atoms with Gasteiger partial charge in [0.2, 0.25) is 6.41 Å². The second kappa shape index (κ2) is 5.36. The number of hydrogen-bond donors (Lipinski definition) is 1. The molecule has 2 heterocycles. The molecule has 5 nitrogen and oxygen atoms in total. The maximum atomic E-state index is 11.9. The van der Waals surface area contributed by atoms with E-state index in [2.05, 4.69) is 10.3 Å². The van der Waals surface area contributed by atoms with Gasteiger partial charge < -0.3 is 10.1 Å². The van der Waals surface area contributed by atoms with E-state index in [1.807, 2.05) is 19.9 Å². The SMILES string of the molecule is CCOC(=O)c1sc2nc(C)cc(C)c2c1NC=O. The van der Waals surface area contributed by atoms with Gasteiger partial charge in [0.1, 0.15) is 9.71 Å². The normalized spacial score (nSPS) is 10.5. The Labute approximate surface area is 114 Å². The highest BCUT2D eigenvalue weighted by Gasteiger charge is 2.21. The highest BCUT2D eigenvalue weighted by Crippen LogP contribution is 2.37. The fourth-order valence-electron chi connectivity index (χ4n) is 1.98. The highest BCUT2D eigenvalue weighted by molar-refractivity contribution is 7.21. The van der Waals surface area contributed by atoms with Crippen molar-refractivity contribution in [1.29, 1.82) is 0 Å². The van der Waals surface area contributed by atoms with E-state index in [1.165, 1.54) is 11.3 Å². The van der Waals surface area contributed by atoms with E-state index in [4.69, 9.17) is 4.74 Å². The number of carbonyl (C=O) groups is 2. The molecule has 1 N–H and O–H groups in total. The second-order valence-corrected chi connectivity index (χ2v) is 5.05. The number of aryl methyl sites for hydroxylation is 2. The smallest absolute Gasteiger partial charge is 0.350 e. The minimum Gasteiger partial charge on any atom is -0.462 e. The van der Waals surface area contributed by atoms with E-state index in [0.717, 1.165) is 21.5 Å². The van der Waals surface area contributed by atoms with E-state index in [-0.39, 0.29) is 0 Å². The molecular formula is C13H14N2O3S. The first-order chi connectivity index (χ1) is 9.08. The zero-order valence-electron chi connectivity index (χ0n) is 10.9. The minimum absolute atomic E-state index is 0.291. The lowest BCUT2D eigenvalue weighted by molar-refractivity contribution is -0.105. The lowest BCUT2D eigenvalue weighted by Gasteiger charge is -2.04. The molecule has 0 atom stereocenters. The first kappa shape index (κ1) is 13.5. The Morgan fingerprint density at radius 2 is 2.26 bits per heavy atom. The fraction of sp³-hybridized carbons (Fsp3) is 0.308. The molecule has 0 aliphatic carbocycles. The van der Waals surface area contributed by atoms with E-state index < -0.39 is 5.97 Å². The number of pyridine rings is 1. The zero-order valence-corrected chi connectivity index (χ0v) is 11.8. The molecule has 1 amide bonds. The van der Waals surface area contributed by atoms with Crippen LogP contribution in [0.3, 0.4) is 0 Å². The van der Waals surface area contributed by atoms with Crippen molar-refractivity contribution in [2.45, 2.75) is 20.8 Å². The molecule has 0 aliphatic rings. The average molecular weight is 278 g/mol. The molecule has 2 aromatic rings. The minimum atomic E-state index is -0.438. The van der Waals surface area contributed by atoms with Gasteiger partial charge in [0.25, 0.3) is 0 Å². The molecule has 100 valence electrons. The van der Waals surface area contributed by atoms with Crippen molar-refractivity contribution in [2.24, 2.45) is 0 Å². The van der Waals surface area contributed by atoms with Gasteiger partial charge in [0.05, 0.1) is 12.3 Å². The van der Waals surface area contributed by atoms with Crippen molar-refractivity contribution in [1.82, 2.24) is 4.98 Å². The molecule has 0 saturated carbocycles. The Morgan fingerprint density at radius 3 is 2.89 bits per heavy atom. The number of rotatable bonds is 4.